The fourth-order valence-corrected chi connectivity index (χ4v) is 2.64. The molecule has 0 spiro atoms. The van der Waals surface area contributed by atoms with E-state index in [1.165, 1.54) is 11.1 Å². The van der Waals surface area contributed by atoms with Crippen molar-refractivity contribution in [3.63, 3.8) is 0 Å². The number of carbonyl (C=O) groups excluding carboxylic acids is 1. The maximum Gasteiger partial charge on any atom is 0.309 e. The Morgan fingerprint density at radius 2 is 2.33 bits per heavy atom. The van der Waals surface area contributed by atoms with Crippen molar-refractivity contribution < 1.29 is 9.53 Å². The minimum absolute atomic E-state index is 0.00648. The fraction of sp³-hybridized carbons (Fsp3) is 0.533. The molecular formula is C15H21NO2. The van der Waals surface area contributed by atoms with Crippen LogP contribution in [0.5, 0.6) is 0 Å². The highest BCUT2D eigenvalue weighted by Gasteiger charge is 2.32. The quantitative estimate of drug-likeness (QED) is 0.833. The first-order valence-electron chi connectivity index (χ1n) is 6.66. The number of esters is 1. The number of piperidine rings is 1. The van der Waals surface area contributed by atoms with E-state index in [1.807, 2.05) is 6.92 Å². The third kappa shape index (κ3) is 2.91. The molecule has 1 heterocycles. The van der Waals surface area contributed by atoms with Crippen LogP contribution in [-0.2, 0) is 9.53 Å². The Labute approximate surface area is 109 Å². The van der Waals surface area contributed by atoms with Gasteiger partial charge in [0.2, 0.25) is 0 Å². The van der Waals surface area contributed by atoms with E-state index in [1.54, 1.807) is 0 Å². The summed E-state index contributed by atoms with van der Waals surface area (Å²) in [5.74, 6) is 0.177. The normalized spacial score (nSPS) is 23.7. The Balaban J connectivity index is 2.20. The van der Waals surface area contributed by atoms with E-state index in [2.05, 4.69) is 36.5 Å². The van der Waals surface area contributed by atoms with E-state index in [0.717, 1.165) is 19.5 Å². The molecule has 98 valence electrons. The molecule has 3 nitrogen and oxygen atoms in total. The molecule has 1 aromatic carbocycles. The lowest BCUT2D eigenvalue weighted by Crippen LogP contribution is -2.39. The Kier molecular flexibility index (Phi) is 4.37. The van der Waals surface area contributed by atoms with Gasteiger partial charge in [-0.05, 0) is 32.4 Å². The van der Waals surface area contributed by atoms with E-state index in [0.29, 0.717) is 6.61 Å². The number of rotatable bonds is 3. The van der Waals surface area contributed by atoms with Gasteiger partial charge in [-0.1, -0.05) is 29.8 Å². The molecule has 0 aromatic heterocycles. The largest absolute Gasteiger partial charge is 0.466 e. The van der Waals surface area contributed by atoms with Crippen LogP contribution in [0.1, 0.15) is 30.4 Å². The molecule has 2 unspecified atom stereocenters. The number of hydrogen-bond donors (Lipinski definition) is 1. The number of benzene rings is 1. The van der Waals surface area contributed by atoms with Gasteiger partial charge in [0.25, 0.3) is 0 Å². The van der Waals surface area contributed by atoms with Crippen LogP contribution >= 0.6 is 0 Å². The predicted octanol–water partition coefficient (Wildman–Crippen LogP) is 2.25. The highest BCUT2D eigenvalue weighted by atomic mass is 16.5. The zero-order chi connectivity index (χ0) is 13.0. The first kappa shape index (κ1) is 13.1. The predicted molar refractivity (Wildman–Crippen MR) is 71.5 cm³/mol. The van der Waals surface area contributed by atoms with Gasteiger partial charge in [0, 0.05) is 12.5 Å². The molecule has 2 rings (SSSR count). The fourth-order valence-electron chi connectivity index (χ4n) is 2.64. The van der Waals surface area contributed by atoms with Gasteiger partial charge in [0.05, 0.1) is 12.5 Å². The zero-order valence-electron chi connectivity index (χ0n) is 11.1. The maximum absolute atomic E-state index is 12.0. The summed E-state index contributed by atoms with van der Waals surface area (Å²) in [5, 5.41) is 3.37. The molecule has 0 radical (unpaired) electrons. The van der Waals surface area contributed by atoms with Crippen molar-refractivity contribution in [3.8, 4) is 0 Å². The molecule has 0 amide bonds. The summed E-state index contributed by atoms with van der Waals surface area (Å²) in [4.78, 5) is 12.0. The van der Waals surface area contributed by atoms with Crippen molar-refractivity contribution in [1.29, 1.82) is 0 Å². The Bertz CT molecular complexity index is 417. The molecule has 0 aliphatic carbocycles. The molecule has 1 N–H and O–H groups in total. The van der Waals surface area contributed by atoms with Gasteiger partial charge < -0.3 is 10.1 Å². The van der Waals surface area contributed by atoms with Crippen LogP contribution in [0.4, 0.5) is 0 Å². The van der Waals surface area contributed by atoms with Gasteiger partial charge in [-0.2, -0.15) is 0 Å². The first-order valence-corrected chi connectivity index (χ1v) is 6.66. The highest BCUT2D eigenvalue weighted by molar-refractivity contribution is 5.74. The van der Waals surface area contributed by atoms with Crippen LogP contribution in [0, 0.1) is 12.8 Å². The monoisotopic (exact) mass is 247 g/mol. The minimum atomic E-state index is -0.0505. The second-order valence-electron chi connectivity index (χ2n) is 4.87. The summed E-state index contributed by atoms with van der Waals surface area (Å²) in [6.07, 6.45) is 0.859. The van der Waals surface area contributed by atoms with E-state index in [-0.39, 0.29) is 17.8 Å². The molecule has 1 aliphatic rings. The summed E-state index contributed by atoms with van der Waals surface area (Å²) in [6.45, 7) is 6.15. The van der Waals surface area contributed by atoms with E-state index >= 15 is 0 Å². The van der Waals surface area contributed by atoms with Crippen LogP contribution in [-0.4, -0.2) is 25.7 Å². The Morgan fingerprint density at radius 3 is 3.06 bits per heavy atom. The summed E-state index contributed by atoms with van der Waals surface area (Å²) < 4.78 is 5.20. The van der Waals surface area contributed by atoms with Crippen LogP contribution in [0.2, 0.25) is 0 Å². The molecule has 2 atom stereocenters. The van der Waals surface area contributed by atoms with Crippen molar-refractivity contribution in [2.45, 2.75) is 26.2 Å². The van der Waals surface area contributed by atoms with Crippen molar-refractivity contribution in [2.24, 2.45) is 5.92 Å². The smallest absolute Gasteiger partial charge is 0.309 e. The molecular weight excluding hydrogens is 226 g/mol. The summed E-state index contributed by atoms with van der Waals surface area (Å²) in [7, 11) is 0. The van der Waals surface area contributed by atoms with Crippen molar-refractivity contribution in [1.82, 2.24) is 5.32 Å². The summed E-state index contributed by atoms with van der Waals surface area (Å²) in [6, 6.07) is 8.42. The lowest BCUT2D eigenvalue weighted by molar-refractivity contribution is -0.149. The van der Waals surface area contributed by atoms with E-state index in [9.17, 15) is 4.79 Å². The third-order valence-corrected chi connectivity index (χ3v) is 3.54. The second kappa shape index (κ2) is 6.01. The van der Waals surface area contributed by atoms with E-state index < -0.39 is 0 Å². The average molecular weight is 247 g/mol. The standard InChI is InChI=1S/C15H21NO2/c1-3-18-15(17)13-7-8-16-10-14(13)12-6-4-5-11(2)9-12/h4-6,9,13-14,16H,3,7-8,10H2,1-2H3. The lowest BCUT2D eigenvalue weighted by Gasteiger charge is -2.31. The van der Waals surface area contributed by atoms with Crippen LogP contribution < -0.4 is 5.32 Å². The molecule has 3 heteroatoms. The molecule has 1 aliphatic heterocycles. The number of ether oxygens (including phenoxy) is 1. The van der Waals surface area contributed by atoms with Gasteiger partial charge in [0.15, 0.2) is 0 Å². The summed E-state index contributed by atoms with van der Waals surface area (Å²) in [5.41, 5.74) is 2.47. The summed E-state index contributed by atoms with van der Waals surface area (Å²) >= 11 is 0. The van der Waals surface area contributed by atoms with Crippen molar-refractivity contribution in [2.75, 3.05) is 19.7 Å². The number of hydrogen-bond acceptors (Lipinski definition) is 3. The van der Waals surface area contributed by atoms with Crippen molar-refractivity contribution >= 4 is 5.97 Å². The average Bonchev–Trinajstić information content (AvgIpc) is 2.39. The molecule has 1 saturated heterocycles. The molecule has 18 heavy (non-hydrogen) atoms. The van der Waals surface area contributed by atoms with Crippen LogP contribution in [0.3, 0.4) is 0 Å². The van der Waals surface area contributed by atoms with Gasteiger partial charge in [0.1, 0.15) is 0 Å². The van der Waals surface area contributed by atoms with E-state index in [4.69, 9.17) is 4.74 Å². The minimum Gasteiger partial charge on any atom is -0.466 e. The SMILES string of the molecule is CCOC(=O)C1CCNCC1c1cccc(C)c1. The van der Waals surface area contributed by atoms with Gasteiger partial charge in [-0.25, -0.2) is 0 Å². The van der Waals surface area contributed by atoms with Crippen LogP contribution in [0.15, 0.2) is 24.3 Å². The van der Waals surface area contributed by atoms with Gasteiger partial charge in [-0.3, -0.25) is 4.79 Å². The third-order valence-electron chi connectivity index (χ3n) is 3.54. The number of nitrogens with one attached hydrogen (secondary N) is 1. The maximum atomic E-state index is 12.0. The number of aryl methyl sites for hydroxylation is 1. The molecule has 0 saturated carbocycles. The van der Waals surface area contributed by atoms with Crippen molar-refractivity contribution in [3.05, 3.63) is 35.4 Å². The lowest BCUT2D eigenvalue weighted by atomic mass is 9.81. The molecule has 0 bridgehead atoms. The Morgan fingerprint density at radius 1 is 1.50 bits per heavy atom. The van der Waals surface area contributed by atoms with Gasteiger partial charge >= 0.3 is 5.97 Å². The van der Waals surface area contributed by atoms with Crippen LogP contribution in [0.25, 0.3) is 0 Å². The first-order chi connectivity index (χ1) is 8.72. The second-order valence-corrected chi connectivity index (χ2v) is 4.87. The molecule has 1 aromatic rings. The number of carbonyl (C=O) groups is 1. The Hall–Kier alpha value is -1.35. The zero-order valence-corrected chi connectivity index (χ0v) is 11.1. The highest BCUT2D eigenvalue weighted by Crippen LogP contribution is 2.30. The topological polar surface area (TPSA) is 38.3 Å². The van der Waals surface area contributed by atoms with Gasteiger partial charge in [-0.15, -0.1) is 0 Å². The molecule has 1 fully saturated rings.